The molecule has 0 spiro atoms. The molecule has 4 rings (SSSR count). The highest BCUT2D eigenvalue weighted by atomic mass is 16.5. The average molecular weight is 395 g/mol. The summed E-state index contributed by atoms with van der Waals surface area (Å²) in [6.07, 6.45) is 5.24. The van der Waals surface area contributed by atoms with Gasteiger partial charge in [-0.1, -0.05) is 24.3 Å². The zero-order chi connectivity index (χ0) is 20.8. The molecule has 0 bridgehead atoms. The summed E-state index contributed by atoms with van der Waals surface area (Å²) in [7, 11) is 1.65. The van der Waals surface area contributed by atoms with Crippen molar-refractivity contribution in [2.24, 2.45) is 0 Å². The maximum absolute atomic E-state index is 12.6. The molecule has 148 valence electrons. The molecule has 0 saturated carbocycles. The van der Waals surface area contributed by atoms with Crippen molar-refractivity contribution >= 4 is 5.91 Å². The van der Waals surface area contributed by atoms with Crippen molar-refractivity contribution in [1.29, 1.82) is 0 Å². The van der Waals surface area contributed by atoms with E-state index in [4.69, 9.17) is 4.74 Å². The summed E-state index contributed by atoms with van der Waals surface area (Å²) < 4.78 is 5.28. The quantitative estimate of drug-likeness (QED) is 0.512. The van der Waals surface area contributed by atoms with Crippen LogP contribution in [0.4, 0.5) is 0 Å². The van der Waals surface area contributed by atoms with Crippen LogP contribution in [0, 0.1) is 0 Å². The molecule has 5 heteroatoms. The van der Waals surface area contributed by atoms with Crippen molar-refractivity contribution in [3.63, 3.8) is 0 Å². The first kappa shape index (κ1) is 19.3. The van der Waals surface area contributed by atoms with Gasteiger partial charge in [0, 0.05) is 36.3 Å². The fraction of sp³-hybridized carbons (Fsp3) is 0.0800. The van der Waals surface area contributed by atoms with Crippen LogP contribution in [0.2, 0.25) is 0 Å². The van der Waals surface area contributed by atoms with Crippen molar-refractivity contribution < 1.29 is 9.53 Å². The Labute approximate surface area is 175 Å². The van der Waals surface area contributed by atoms with Crippen molar-refractivity contribution in [2.75, 3.05) is 7.11 Å². The highest BCUT2D eigenvalue weighted by Gasteiger charge is 2.07. The standard InChI is InChI=1S/C25H21N3O2/c1-30-23-6-2-4-21(15-23)19-7-9-20(10-8-19)25(29)28-16-18-11-13-27-24(14-18)22-5-3-12-26-17-22/h2-15,17H,16H2,1H3,(H,28,29). The molecule has 30 heavy (non-hydrogen) atoms. The number of rotatable bonds is 6. The Morgan fingerprint density at radius 3 is 2.50 bits per heavy atom. The lowest BCUT2D eigenvalue weighted by molar-refractivity contribution is 0.0951. The molecule has 5 nitrogen and oxygen atoms in total. The van der Waals surface area contributed by atoms with Crippen LogP contribution in [0.3, 0.4) is 0 Å². The third-order valence-corrected chi connectivity index (χ3v) is 4.78. The van der Waals surface area contributed by atoms with E-state index in [9.17, 15) is 4.79 Å². The zero-order valence-electron chi connectivity index (χ0n) is 16.6. The summed E-state index contributed by atoms with van der Waals surface area (Å²) in [5.41, 5.74) is 5.44. The number of pyridine rings is 2. The second-order valence-corrected chi connectivity index (χ2v) is 6.78. The average Bonchev–Trinajstić information content (AvgIpc) is 2.83. The Bertz CT molecular complexity index is 1140. The van der Waals surface area contributed by atoms with E-state index in [1.165, 1.54) is 0 Å². The van der Waals surface area contributed by atoms with Gasteiger partial charge in [0.25, 0.3) is 5.91 Å². The molecule has 4 aromatic rings. The third kappa shape index (κ3) is 4.52. The van der Waals surface area contributed by atoms with E-state index in [0.29, 0.717) is 12.1 Å². The van der Waals surface area contributed by atoms with Crippen LogP contribution < -0.4 is 10.1 Å². The normalized spacial score (nSPS) is 10.4. The SMILES string of the molecule is COc1cccc(-c2ccc(C(=O)NCc3ccnc(-c4cccnc4)c3)cc2)c1. The number of benzene rings is 2. The van der Waals surface area contributed by atoms with Crippen LogP contribution in [-0.2, 0) is 6.54 Å². The van der Waals surface area contributed by atoms with Gasteiger partial charge in [0.15, 0.2) is 0 Å². The predicted octanol–water partition coefficient (Wildman–Crippen LogP) is 4.75. The fourth-order valence-corrected chi connectivity index (χ4v) is 3.16. The molecule has 2 heterocycles. The van der Waals surface area contributed by atoms with Crippen LogP contribution >= 0.6 is 0 Å². The molecule has 0 aliphatic heterocycles. The topological polar surface area (TPSA) is 64.1 Å². The van der Waals surface area contributed by atoms with Crippen LogP contribution in [0.1, 0.15) is 15.9 Å². The van der Waals surface area contributed by atoms with Crippen molar-refractivity contribution in [1.82, 2.24) is 15.3 Å². The predicted molar refractivity (Wildman–Crippen MR) is 117 cm³/mol. The molecule has 0 unspecified atom stereocenters. The molecule has 0 saturated heterocycles. The molecule has 0 aliphatic carbocycles. The summed E-state index contributed by atoms with van der Waals surface area (Å²) in [4.78, 5) is 21.1. The number of nitrogens with one attached hydrogen (secondary N) is 1. The molecule has 0 aliphatic rings. The Kier molecular flexibility index (Phi) is 5.80. The highest BCUT2D eigenvalue weighted by Crippen LogP contribution is 2.24. The Hall–Kier alpha value is -3.99. The summed E-state index contributed by atoms with van der Waals surface area (Å²) in [6, 6.07) is 23.1. The number of nitrogens with zero attached hydrogens (tertiary/aromatic N) is 2. The molecule has 0 fully saturated rings. The number of ether oxygens (including phenoxy) is 1. The Morgan fingerprint density at radius 2 is 1.73 bits per heavy atom. The molecule has 1 N–H and O–H groups in total. The number of hydrogen-bond acceptors (Lipinski definition) is 4. The fourth-order valence-electron chi connectivity index (χ4n) is 3.16. The van der Waals surface area contributed by atoms with Crippen LogP contribution in [-0.4, -0.2) is 23.0 Å². The van der Waals surface area contributed by atoms with Crippen LogP contribution in [0.15, 0.2) is 91.4 Å². The molecular formula is C25H21N3O2. The van der Waals surface area contributed by atoms with Gasteiger partial charge in [-0.2, -0.15) is 0 Å². The van der Waals surface area contributed by atoms with Crippen molar-refractivity contribution in [3.8, 4) is 28.1 Å². The molecule has 2 aromatic carbocycles. The van der Waals surface area contributed by atoms with E-state index in [1.54, 1.807) is 25.7 Å². The number of carbonyl (C=O) groups is 1. The maximum Gasteiger partial charge on any atom is 0.251 e. The van der Waals surface area contributed by atoms with E-state index < -0.39 is 0 Å². The number of amides is 1. The smallest absolute Gasteiger partial charge is 0.251 e. The molecular weight excluding hydrogens is 374 g/mol. The first-order valence-electron chi connectivity index (χ1n) is 9.61. The van der Waals surface area contributed by atoms with Gasteiger partial charge in [-0.3, -0.25) is 14.8 Å². The maximum atomic E-state index is 12.6. The van der Waals surface area contributed by atoms with Gasteiger partial charge >= 0.3 is 0 Å². The van der Waals surface area contributed by atoms with E-state index in [-0.39, 0.29) is 5.91 Å². The minimum atomic E-state index is -0.119. The molecule has 2 aromatic heterocycles. The number of methoxy groups -OCH3 is 1. The zero-order valence-corrected chi connectivity index (χ0v) is 16.6. The third-order valence-electron chi connectivity index (χ3n) is 4.78. The summed E-state index contributed by atoms with van der Waals surface area (Å²) in [5, 5.41) is 2.97. The summed E-state index contributed by atoms with van der Waals surface area (Å²) >= 11 is 0. The van der Waals surface area contributed by atoms with E-state index in [0.717, 1.165) is 33.7 Å². The lowest BCUT2D eigenvalue weighted by Gasteiger charge is -2.08. The molecule has 0 atom stereocenters. The summed E-state index contributed by atoms with van der Waals surface area (Å²) in [5.74, 6) is 0.684. The van der Waals surface area contributed by atoms with Gasteiger partial charge in [0.1, 0.15) is 5.75 Å². The monoisotopic (exact) mass is 395 g/mol. The Morgan fingerprint density at radius 1 is 0.900 bits per heavy atom. The first-order valence-corrected chi connectivity index (χ1v) is 9.61. The van der Waals surface area contributed by atoms with E-state index >= 15 is 0 Å². The van der Waals surface area contributed by atoms with E-state index in [1.807, 2.05) is 72.8 Å². The number of carbonyl (C=O) groups excluding carboxylic acids is 1. The van der Waals surface area contributed by atoms with Gasteiger partial charge < -0.3 is 10.1 Å². The first-order chi connectivity index (χ1) is 14.7. The second kappa shape index (κ2) is 9.01. The second-order valence-electron chi connectivity index (χ2n) is 6.78. The van der Waals surface area contributed by atoms with Gasteiger partial charge in [-0.15, -0.1) is 0 Å². The van der Waals surface area contributed by atoms with Crippen LogP contribution in [0.25, 0.3) is 22.4 Å². The van der Waals surface area contributed by atoms with Gasteiger partial charge in [-0.25, -0.2) is 0 Å². The largest absolute Gasteiger partial charge is 0.497 e. The van der Waals surface area contributed by atoms with Gasteiger partial charge in [0.2, 0.25) is 0 Å². The number of hydrogen-bond donors (Lipinski definition) is 1. The van der Waals surface area contributed by atoms with Gasteiger partial charge in [-0.05, 0) is 65.2 Å². The minimum Gasteiger partial charge on any atom is -0.497 e. The number of aromatic nitrogens is 2. The van der Waals surface area contributed by atoms with Gasteiger partial charge in [0.05, 0.1) is 12.8 Å². The highest BCUT2D eigenvalue weighted by molar-refractivity contribution is 5.94. The van der Waals surface area contributed by atoms with E-state index in [2.05, 4.69) is 15.3 Å². The summed E-state index contributed by atoms with van der Waals surface area (Å²) in [6.45, 7) is 0.423. The lowest BCUT2D eigenvalue weighted by Crippen LogP contribution is -2.22. The molecule has 0 radical (unpaired) electrons. The Balaban J connectivity index is 1.42. The lowest BCUT2D eigenvalue weighted by atomic mass is 10.0. The molecule has 1 amide bonds. The van der Waals surface area contributed by atoms with Crippen molar-refractivity contribution in [2.45, 2.75) is 6.54 Å². The van der Waals surface area contributed by atoms with Crippen LogP contribution in [0.5, 0.6) is 5.75 Å². The van der Waals surface area contributed by atoms with Crippen molar-refractivity contribution in [3.05, 3.63) is 103 Å². The minimum absolute atomic E-state index is 0.119.